The highest BCUT2D eigenvalue weighted by molar-refractivity contribution is 7.35. The van der Waals surface area contributed by atoms with E-state index in [9.17, 15) is 94.6 Å². The van der Waals surface area contributed by atoms with E-state index < -0.39 is 118 Å². The second-order valence-electron chi connectivity index (χ2n) is 7.67. The summed E-state index contributed by atoms with van der Waals surface area (Å²) in [5.41, 5.74) is -3.65. The number of hydrogen-bond donors (Lipinski definition) is 10. The molecule has 0 saturated heterocycles. The smallest absolute Gasteiger partial charge is 0.326 e. The fourth-order valence-corrected chi connectivity index (χ4v) is 9.61. The van der Waals surface area contributed by atoms with E-state index >= 15 is 0 Å². The molecule has 0 heterocycles. The molecule has 0 rings (SSSR count). The van der Waals surface area contributed by atoms with E-state index in [0.29, 0.717) is 0 Å². The summed E-state index contributed by atoms with van der Waals surface area (Å²) in [6, 6.07) is 0. The Morgan fingerprint density at radius 2 is 0.562 bits per heavy atom. The van der Waals surface area contributed by atoms with Gasteiger partial charge in [0, 0.05) is 0 Å². The zero-order valence-corrected chi connectivity index (χ0v) is 32.8. The van der Waals surface area contributed by atoms with Gasteiger partial charge in [-0.2, -0.15) is 0 Å². The van der Waals surface area contributed by atoms with E-state index in [1.165, 1.54) is 0 Å². The van der Waals surface area contributed by atoms with Crippen LogP contribution in [0.5, 0.6) is 0 Å². The lowest BCUT2D eigenvalue weighted by atomic mass is 9.81. The third kappa shape index (κ3) is 12.5. The van der Waals surface area contributed by atoms with E-state index in [-0.39, 0.29) is 6.92 Å². The van der Waals surface area contributed by atoms with Crippen LogP contribution in [-0.2, 0) is 90.9 Å². The van der Waals surface area contributed by atoms with E-state index in [1.807, 2.05) is 0 Å². The first-order valence-electron chi connectivity index (χ1n) is 10.9. The third-order valence-electron chi connectivity index (χ3n) is 5.00. The van der Waals surface area contributed by atoms with Gasteiger partial charge in [0.15, 0.2) is 0 Å². The molecule has 0 saturated carbocycles. The predicted octanol–water partition coefficient (Wildman–Crippen LogP) is -1.12. The van der Waals surface area contributed by atoms with Gasteiger partial charge in [-0.3, -0.25) is 77.3 Å². The molecule has 11 atom stereocenters. The van der Waals surface area contributed by atoms with Gasteiger partial charge in [0.05, 0.1) is 0 Å². The van der Waals surface area contributed by atoms with Crippen molar-refractivity contribution in [2.24, 2.45) is 0 Å². The Labute approximate surface area is 271 Å². The molecule has 0 aliphatic carbocycles. The van der Waals surface area contributed by atoms with Crippen molar-refractivity contribution < 1.29 is 140 Å². The average Bonchev–Trinajstić information content (AvgIpc) is 2.83. The van der Waals surface area contributed by atoms with Crippen molar-refractivity contribution in [3.63, 3.8) is 0 Å². The van der Waals surface area contributed by atoms with Crippen molar-refractivity contribution >= 4 is 82.5 Å². The van der Waals surface area contributed by atoms with Crippen LogP contribution in [0.3, 0.4) is 0 Å². The summed E-state index contributed by atoms with van der Waals surface area (Å²) in [5.74, 6) is -21.3. The van der Waals surface area contributed by atoms with Crippen molar-refractivity contribution in [3.8, 4) is 0 Å². The van der Waals surface area contributed by atoms with E-state index in [4.69, 9.17) is 0 Å². The molecule has 0 aliphatic heterocycles. The highest BCUT2D eigenvalue weighted by atomic mass is 31.2. The average molecular weight is 914 g/mol. The molecule has 0 aliphatic rings. The fourth-order valence-electron chi connectivity index (χ4n) is 3.62. The first-order chi connectivity index (χ1) is 21.7. The highest BCUT2D eigenvalue weighted by Crippen LogP contribution is 2.68. The Morgan fingerprint density at radius 1 is 0.354 bits per heavy atom. The molecule has 0 radical (unpaired) electrons. The topological polar surface area (TPSA) is 465 Å². The van der Waals surface area contributed by atoms with Crippen LogP contribution in [0.4, 0.5) is 0 Å². The first kappa shape index (κ1) is 49.5. The van der Waals surface area contributed by atoms with Gasteiger partial charge in [-0.15, -0.1) is 0 Å². The van der Waals surface area contributed by atoms with Crippen molar-refractivity contribution in [1.82, 2.24) is 0 Å². The van der Waals surface area contributed by atoms with Crippen LogP contribution < -0.4 is 0 Å². The molecule has 48 heavy (non-hydrogen) atoms. The predicted molar refractivity (Wildman–Crippen MR) is 153 cm³/mol. The fraction of sp³-hybridized carbons (Fsp3) is 1.00. The van der Waals surface area contributed by atoms with Gasteiger partial charge in [-0.1, -0.05) is 6.92 Å². The largest absolute Gasteiger partial charge is 0.368 e. The lowest BCUT2D eigenvalue weighted by Gasteiger charge is -2.59. The molecule has 30 nitrogen and oxygen atoms in total. The first-order valence-corrected chi connectivity index (χ1v) is 23.6. The maximum Gasteiger partial charge on any atom is 0.368 e. The minimum Gasteiger partial charge on any atom is -0.326 e. The zero-order chi connectivity index (χ0) is 38.1. The number of hydrogen-bond acceptors (Lipinski definition) is 20. The van der Waals surface area contributed by atoms with Crippen molar-refractivity contribution in [3.05, 3.63) is 0 Å². The molecule has 40 heteroatoms. The minimum atomic E-state index is -5.56. The summed E-state index contributed by atoms with van der Waals surface area (Å²) in [5, 5.41) is 0. The van der Waals surface area contributed by atoms with Crippen molar-refractivity contribution in [2.75, 3.05) is 0 Å². The second kappa shape index (κ2) is 20.8. The van der Waals surface area contributed by atoms with E-state index in [2.05, 4.69) is 45.2 Å². The van der Waals surface area contributed by atoms with Gasteiger partial charge >= 0.3 is 100 Å². The summed E-state index contributed by atoms with van der Waals surface area (Å²) in [4.78, 5) is 97.8. The van der Waals surface area contributed by atoms with Crippen LogP contribution in [0.2, 0.25) is 0 Å². The molecule has 0 aromatic heterocycles. The Balaban J connectivity index is 10.0. The summed E-state index contributed by atoms with van der Waals surface area (Å²) >= 11 is 0. The SMILES string of the molecule is CCC(C)(O[PH](=O)O)C(O[PH](=O)O)(O[PH](=O)O)C(O[PH](=O)O)(O[PH](=O)O)C(O[PH](=O)O)(O[PH](=O)O)C(O[PH](=O)O)(O[PH](=O)O)O[PH](=O)O. The normalized spacial score (nSPS) is 25.2. The van der Waals surface area contributed by atoms with Gasteiger partial charge in [0.25, 0.3) is 5.79 Å². The highest BCUT2D eigenvalue weighted by Gasteiger charge is 2.88. The number of rotatable bonds is 25. The van der Waals surface area contributed by atoms with Crippen LogP contribution in [0.25, 0.3) is 0 Å². The lowest BCUT2D eigenvalue weighted by molar-refractivity contribution is -0.501. The molecule has 0 aromatic rings. The summed E-state index contributed by atoms with van der Waals surface area (Å²) in [6.45, 7) is 0.961. The Bertz CT molecular complexity index is 1270. The van der Waals surface area contributed by atoms with E-state index in [1.54, 1.807) is 0 Å². The minimum absolute atomic E-state index is 0.240. The Morgan fingerprint density at radius 3 is 0.771 bits per heavy atom. The standard InChI is InChI=1S/C8H28O30P10/c1-3-4(2,29-39(9)10)5(30-40(11)12,31-41(13)14)6(32-42(15)16,33-43(17)18)7(34-44(19)20,35-45(21)22)8(36-46(23)24,37-47(25)26)38-48(27)28/h39-48H,3H2,1-2H3,(H,9,10)(H,11,12)(H,13,14)(H,15,16)(H,17,18)(H,19,20)(H,21,22)(H,23,24)(H,25,26)(H,27,28). The molecule has 0 bridgehead atoms. The van der Waals surface area contributed by atoms with Crippen LogP contribution >= 0.6 is 82.5 Å². The van der Waals surface area contributed by atoms with Gasteiger partial charge in [-0.05, 0) is 13.3 Å². The van der Waals surface area contributed by atoms with Crippen LogP contribution in [0.15, 0.2) is 0 Å². The molecular weight excluding hydrogens is 886 g/mol. The Kier molecular flexibility index (Phi) is 21.5. The molecule has 0 aromatic carbocycles. The van der Waals surface area contributed by atoms with Crippen LogP contribution in [0, 0.1) is 0 Å². The van der Waals surface area contributed by atoms with Crippen LogP contribution in [0.1, 0.15) is 20.3 Å². The van der Waals surface area contributed by atoms with Crippen LogP contribution in [-0.4, -0.2) is 77.9 Å². The lowest BCUT2D eigenvalue weighted by Crippen LogP contribution is -2.83. The molecule has 0 fully saturated rings. The van der Waals surface area contributed by atoms with Gasteiger partial charge in [0.2, 0.25) is 0 Å². The second-order valence-corrected chi connectivity index (χ2v) is 15.0. The molecule has 11 unspecified atom stereocenters. The molecule has 0 amide bonds. The summed E-state index contributed by atoms with van der Waals surface area (Å²) in [7, 11) is -52.7. The van der Waals surface area contributed by atoms with Gasteiger partial charge < -0.3 is 48.9 Å². The summed E-state index contributed by atoms with van der Waals surface area (Å²) < 4.78 is 166. The maximum atomic E-state index is 12.4. The van der Waals surface area contributed by atoms with Gasteiger partial charge in [-0.25, -0.2) is 13.6 Å². The molecule has 290 valence electrons. The maximum absolute atomic E-state index is 12.4. The van der Waals surface area contributed by atoms with Crippen molar-refractivity contribution in [1.29, 1.82) is 0 Å². The summed E-state index contributed by atoms with van der Waals surface area (Å²) in [6.07, 6.45) is -1.31. The van der Waals surface area contributed by atoms with Crippen molar-refractivity contribution in [2.45, 2.75) is 49.2 Å². The Hall–Kier alpha value is 1.50. The van der Waals surface area contributed by atoms with E-state index in [0.717, 1.165) is 6.92 Å². The third-order valence-corrected chi connectivity index (χ3v) is 9.73. The van der Waals surface area contributed by atoms with Gasteiger partial charge in [0.1, 0.15) is 5.60 Å². The molecule has 10 N–H and O–H groups in total. The quantitative estimate of drug-likeness (QED) is 0.0383. The molecule has 0 spiro atoms. The molecular formula is C8H28O30P10. The zero-order valence-electron chi connectivity index (χ0n) is 22.8. The monoisotopic (exact) mass is 914 g/mol.